The highest BCUT2D eigenvalue weighted by Gasteiger charge is 2.19. The highest BCUT2D eigenvalue weighted by atomic mass is 32.2. The molecule has 19 heavy (non-hydrogen) atoms. The minimum Gasteiger partial charge on any atom is -0.399 e. The molecule has 0 aliphatic heterocycles. The van der Waals surface area contributed by atoms with E-state index < -0.39 is 0 Å². The van der Waals surface area contributed by atoms with E-state index in [-0.39, 0.29) is 0 Å². The average Bonchev–Trinajstić information content (AvgIpc) is 2.47. The summed E-state index contributed by atoms with van der Waals surface area (Å²) in [5.74, 6) is 1.87. The van der Waals surface area contributed by atoms with Crippen molar-refractivity contribution >= 4 is 17.4 Å². The minimum atomic E-state index is 0.701. The van der Waals surface area contributed by atoms with Crippen LogP contribution in [0.3, 0.4) is 0 Å². The number of nitrogens with two attached hydrogens (primary N) is 1. The van der Waals surface area contributed by atoms with Gasteiger partial charge in [-0.25, -0.2) is 0 Å². The van der Waals surface area contributed by atoms with Crippen molar-refractivity contribution in [3.05, 3.63) is 59.7 Å². The number of rotatable bonds is 3. The molecule has 0 radical (unpaired) electrons. The predicted octanol–water partition coefficient (Wildman–Crippen LogP) is 4.48. The summed E-state index contributed by atoms with van der Waals surface area (Å²) in [5.41, 5.74) is 9.68. The first-order chi connectivity index (χ1) is 9.33. The van der Waals surface area contributed by atoms with Crippen LogP contribution in [-0.2, 0) is 6.42 Å². The van der Waals surface area contributed by atoms with Crippen LogP contribution in [0.2, 0.25) is 0 Å². The van der Waals surface area contributed by atoms with Gasteiger partial charge < -0.3 is 5.73 Å². The molecule has 0 fully saturated rings. The third-order valence-corrected chi connectivity index (χ3v) is 5.00. The quantitative estimate of drug-likeness (QED) is 0.656. The van der Waals surface area contributed by atoms with Crippen molar-refractivity contribution in [2.45, 2.75) is 30.1 Å². The van der Waals surface area contributed by atoms with Crippen molar-refractivity contribution in [3.63, 3.8) is 0 Å². The zero-order chi connectivity index (χ0) is 13.1. The zero-order valence-electron chi connectivity index (χ0n) is 11.0. The molecule has 2 heteroatoms. The lowest BCUT2D eigenvalue weighted by Gasteiger charge is -2.25. The summed E-state index contributed by atoms with van der Waals surface area (Å²) in [5, 5.41) is 0. The smallest absolute Gasteiger partial charge is 0.0314 e. The Bertz CT molecular complexity index is 547. The molecule has 0 spiro atoms. The van der Waals surface area contributed by atoms with E-state index in [1.54, 1.807) is 11.1 Å². The van der Waals surface area contributed by atoms with E-state index in [4.69, 9.17) is 5.73 Å². The van der Waals surface area contributed by atoms with Crippen molar-refractivity contribution in [2.75, 3.05) is 11.5 Å². The summed E-state index contributed by atoms with van der Waals surface area (Å²) in [6, 6.07) is 17.1. The summed E-state index contributed by atoms with van der Waals surface area (Å²) in [7, 11) is 0. The van der Waals surface area contributed by atoms with E-state index in [2.05, 4.69) is 36.4 Å². The molecule has 0 saturated carbocycles. The van der Waals surface area contributed by atoms with Gasteiger partial charge in [-0.15, -0.1) is 11.8 Å². The van der Waals surface area contributed by atoms with Crippen LogP contribution in [0.1, 0.15) is 29.9 Å². The fourth-order valence-corrected chi connectivity index (χ4v) is 3.86. The summed E-state index contributed by atoms with van der Waals surface area (Å²) in [6.45, 7) is 0. The normalized spacial score (nSPS) is 18.0. The second-order valence-electron chi connectivity index (χ2n) is 5.17. The lowest BCUT2D eigenvalue weighted by Crippen LogP contribution is -2.11. The Morgan fingerprint density at radius 3 is 2.68 bits per heavy atom. The largest absolute Gasteiger partial charge is 0.399 e. The Balaban J connectivity index is 1.69. The van der Waals surface area contributed by atoms with Crippen molar-refractivity contribution in [1.29, 1.82) is 0 Å². The summed E-state index contributed by atoms with van der Waals surface area (Å²) in [4.78, 5) is 1.32. The van der Waals surface area contributed by atoms with Crippen LogP contribution in [0.5, 0.6) is 0 Å². The average molecular weight is 269 g/mol. The first-order valence-electron chi connectivity index (χ1n) is 6.89. The molecule has 0 heterocycles. The van der Waals surface area contributed by atoms with Crippen molar-refractivity contribution < 1.29 is 0 Å². The summed E-state index contributed by atoms with van der Waals surface area (Å²) in [6.07, 6.45) is 3.89. The number of anilines is 1. The van der Waals surface area contributed by atoms with Gasteiger partial charge in [0, 0.05) is 16.3 Å². The summed E-state index contributed by atoms with van der Waals surface area (Å²) < 4.78 is 0. The van der Waals surface area contributed by atoms with Crippen LogP contribution in [-0.4, -0.2) is 5.75 Å². The molecule has 1 aliphatic rings. The first-order valence-corrected chi connectivity index (χ1v) is 7.87. The van der Waals surface area contributed by atoms with E-state index in [0.717, 1.165) is 5.69 Å². The molecule has 0 bridgehead atoms. The molecule has 0 aromatic heterocycles. The van der Waals surface area contributed by atoms with Gasteiger partial charge in [0.2, 0.25) is 0 Å². The fraction of sp³-hybridized carbons (Fsp3) is 0.294. The van der Waals surface area contributed by atoms with Crippen LogP contribution >= 0.6 is 11.8 Å². The maximum atomic E-state index is 5.72. The molecule has 2 aromatic carbocycles. The predicted molar refractivity (Wildman–Crippen MR) is 83.7 cm³/mol. The SMILES string of the molecule is Nc1ccc(SCC2CCCc3ccccc32)cc1. The van der Waals surface area contributed by atoms with Gasteiger partial charge in [-0.05, 0) is 60.6 Å². The fourth-order valence-electron chi connectivity index (χ4n) is 2.79. The van der Waals surface area contributed by atoms with Gasteiger partial charge in [-0.2, -0.15) is 0 Å². The first kappa shape index (κ1) is 12.6. The number of hydrogen-bond acceptors (Lipinski definition) is 2. The highest BCUT2D eigenvalue weighted by molar-refractivity contribution is 7.99. The molecule has 1 aliphatic carbocycles. The third-order valence-electron chi connectivity index (χ3n) is 3.82. The zero-order valence-corrected chi connectivity index (χ0v) is 11.8. The van der Waals surface area contributed by atoms with Crippen molar-refractivity contribution in [1.82, 2.24) is 0 Å². The van der Waals surface area contributed by atoms with Crippen LogP contribution < -0.4 is 5.73 Å². The Morgan fingerprint density at radius 2 is 1.84 bits per heavy atom. The second kappa shape index (κ2) is 5.70. The number of thioether (sulfide) groups is 1. The van der Waals surface area contributed by atoms with Gasteiger partial charge in [-0.1, -0.05) is 24.3 Å². The molecule has 98 valence electrons. The van der Waals surface area contributed by atoms with Gasteiger partial charge in [0.15, 0.2) is 0 Å². The molecule has 2 N–H and O–H groups in total. The van der Waals surface area contributed by atoms with Crippen molar-refractivity contribution in [2.24, 2.45) is 0 Å². The molecular formula is C17H19NS. The topological polar surface area (TPSA) is 26.0 Å². The molecule has 0 amide bonds. The van der Waals surface area contributed by atoms with Crippen LogP contribution in [0.4, 0.5) is 5.69 Å². The number of fused-ring (bicyclic) bond motifs is 1. The second-order valence-corrected chi connectivity index (χ2v) is 6.26. The maximum absolute atomic E-state index is 5.72. The van der Waals surface area contributed by atoms with Gasteiger partial charge in [0.05, 0.1) is 0 Å². The highest BCUT2D eigenvalue weighted by Crippen LogP contribution is 2.35. The lowest BCUT2D eigenvalue weighted by atomic mass is 9.84. The third kappa shape index (κ3) is 2.95. The van der Waals surface area contributed by atoms with Crippen LogP contribution in [0.25, 0.3) is 0 Å². The number of benzene rings is 2. The molecule has 1 unspecified atom stereocenters. The molecular weight excluding hydrogens is 250 g/mol. The maximum Gasteiger partial charge on any atom is 0.0314 e. The van der Waals surface area contributed by atoms with E-state index in [0.29, 0.717) is 5.92 Å². The Kier molecular flexibility index (Phi) is 3.79. The number of nitrogen functional groups attached to an aromatic ring is 1. The van der Waals surface area contributed by atoms with E-state index in [1.807, 2.05) is 23.9 Å². The Hall–Kier alpha value is -1.41. The number of hydrogen-bond donors (Lipinski definition) is 1. The Morgan fingerprint density at radius 1 is 1.05 bits per heavy atom. The standard InChI is InChI=1S/C17H19NS/c18-15-8-10-16(11-9-15)19-12-14-6-3-5-13-4-1-2-7-17(13)14/h1-2,4,7-11,14H,3,5-6,12,18H2. The molecule has 3 rings (SSSR count). The van der Waals surface area contributed by atoms with Crippen molar-refractivity contribution in [3.8, 4) is 0 Å². The minimum absolute atomic E-state index is 0.701. The van der Waals surface area contributed by atoms with Gasteiger partial charge in [-0.3, -0.25) is 0 Å². The van der Waals surface area contributed by atoms with Gasteiger partial charge >= 0.3 is 0 Å². The van der Waals surface area contributed by atoms with E-state index in [1.165, 1.54) is 29.9 Å². The molecule has 1 atom stereocenters. The van der Waals surface area contributed by atoms with E-state index in [9.17, 15) is 0 Å². The Labute approximate surface area is 119 Å². The monoisotopic (exact) mass is 269 g/mol. The number of aryl methyl sites for hydroxylation is 1. The van der Waals surface area contributed by atoms with Gasteiger partial charge in [0.25, 0.3) is 0 Å². The van der Waals surface area contributed by atoms with Gasteiger partial charge in [0.1, 0.15) is 0 Å². The van der Waals surface area contributed by atoms with Crippen LogP contribution in [0, 0.1) is 0 Å². The molecule has 2 aromatic rings. The van der Waals surface area contributed by atoms with Crippen LogP contribution in [0.15, 0.2) is 53.4 Å². The van der Waals surface area contributed by atoms with E-state index >= 15 is 0 Å². The molecule has 0 saturated heterocycles. The lowest BCUT2D eigenvalue weighted by molar-refractivity contribution is 0.596. The summed E-state index contributed by atoms with van der Waals surface area (Å²) >= 11 is 1.94. The molecule has 1 nitrogen and oxygen atoms in total.